The van der Waals surface area contributed by atoms with Crippen LogP contribution in [0.25, 0.3) is 0 Å². The van der Waals surface area contributed by atoms with E-state index in [0.717, 1.165) is 5.75 Å². The molecule has 0 saturated carbocycles. The highest BCUT2D eigenvalue weighted by Gasteiger charge is 2.21. The minimum atomic E-state index is -0.582. The Morgan fingerprint density at radius 3 is 2.76 bits per heavy atom. The molecule has 0 saturated heterocycles. The molecule has 21 heavy (non-hydrogen) atoms. The number of rotatable bonds is 8. The predicted molar refractivity (Wildman–Crippen MR) is 88.9 cm³/mol. The van der Waals surface area contributed by atoms with Gasteiger partial charge in [-0.05, 0) is 30.6 Å². The minimum absolute atomic E-state index is 0.218. The molecule has 1 aromatic rings. The second kappa shape index (κ2) is 9.47. The second-order valence-corrected chi connectivity index (χ2v) is 5.71. The van der Waals surface area contributed by atoms with Crippen molar-refractivity contribution in [3.8, 4) is 0 Å². The van der Waals surface area contributed by atoms with E-state index < -0.39 is 6.04 Å². The normalized spacial score (nSPS) is 11.5. The molecule has 6 heteroatoms. The summed E-state index contributed by atoms with van der Waals surface area (Å²) >= 11 is 7.61. The van der Waals surface area contributed by atoms with Crippen molar-refractivity contribution in [1.29, 1.82) is 0 Å². The van der Waals surface area contributed by atoms with Gasteiger partial charge in [0.25, 0.3) is 5.91 Å². The van der Waals surface area contributed by atoms with E-state index in [1.807, 2.05) is 6.26 Å². The van der Waals surface area contributed by atoms with E-state index in [-0.39, 0.29) is 11.8 Å². The molecule has 0 spiro atoms. The number of benzene rings is 1. The van der Waals surface area contributed by atoms with E-state index >= 15 is 0 Å². The molecule has 0 aliphatic carbocycles. The molecular formula is C15H19ClN2O2S. The Bertz CT molecular complexity index is 508. The smallest absolute Gasteiger partial charge is 0.253 e. The molecule has 2 amide bonds. The molecule has 1 atom stereocenters. The third-order valence-corrected chi connectivity index (χ3v) is 3.75. The molecule has 2 N–H and O–H groups in total. The molecule has 0 aromatic heterocycles. The lowest BCUT2D eigenvalue weighted by molar-refractivity contribution is -0.122. The number of nitrogens with one attached hydrogen (secondary N) is 2. The van der Waals surface area contributed by atoms with E-state index in [1.54, 1.807) is 42.1 Å². The molecule has 0 radical (unpaired) electrons. The Hall–Kier alpha value is -1.46. The molecule has 4 nitrogen and oxygen atoms in total. The monoisotopic (exact) mass is 326 g/mol. The highest BCUT2D eigenvalue weighted by molar-refractivity contribution is 7.98. The zero-order valence-electron chi connectivity index (χ0n) is 11.9. The Morgan fingerprint density at radius 1 is 1.43 bits per heavy atom. The van der Waals surface area contributed by atoms with Crippen LogP contribution < -0.4 is 10.6 Å². The van der Waals surface area contributed by atoms with Crippen molar-refractivity contribution in [3.63, 3.8) is 0 Å². The Kier molecular flexibility index (Phi) is 7.93. The molecule has 0 aliphatic rings. The zero-order chi connectivity index (χ0) is 15.7. The molecular weight excluding hydrogens is 308 g/mol. The quantitative estimate of drug-likeness (QED) is 0.722. The lowest BCUT2D eigenvalue weighted by Gasteiger charge is -2.18. The Labute approximate surface area is 134 Å². The maximum atomic E-state index is 12.2. The van der Waals surface area contributed by atoms with Crippen molar-refractivity contribution in [2.75, 3.05) is 18.6 Å². The third kappa shape index (κ3) is 5.81. The minimum Gasteiger partial charge on any atom is -0.351 e. The van der Waals surface area contributed by atoms with Crippen LogP contribution in [0.15, 0.2) is 36.9 Å². The molecule has 0 aliphatic heterocycles. The summed E-state index contributed by atoms with van der Waals surface area (Å²) in [5, 5.41) is 5.80. The van der Waals surface area contributed by atoms with Crippen molar-refractivity contribution < 1.29 is 9.59 Å². The first-order valence-electron chi connectivity index (χ1n) is 6.53. The van der Waals surface area contributed by atoms with Gasteiger partial charge in [0.15, 0.2) is 0 Å². The second-order valence-electron chi connectivity index (χ2n) is 4.32. The number of carbonyl (C=O) groups is 2. The first-order valence-corrected chi connectivity index (χ1v) is 8.30. The lowest BCUT2D eigenvalue weighted by atomic mass is 10.1. The maximum absolute atomic E-state index is 12.2. The van der Waals surface area contributed by atoms with Crippen LogP contribution in [0.4, 0.5) is 0 Å². The van der Waals surface area contributed by atoms with Crippen LogP contribution in [0.3, 0.4) is 0 Å². The van der Waals surface area contributed by atoms with E-state index in [4.69, 9.17) is 11.6 Å². The first-order chi connectivity index (χ1) is 10.1. The van der Waals surface area contributed by atoms with E-state index in [1.165, 1.54) is 0 Å². The van der Waals surface area contributed by atoms with Crippen molar-refractivity contribution in [2.24, 2.45) is 0 Å². The standard InChI is InChI=1S/C15H19ClN2O2S/c1-3-9-17-15(20)13(8-10-21-2)18-14(19)11-6-4-5-7-12(11)16/h3-7,13H,1,8-10H2,2H3,(H,17,20)(H,18,19)/t13-/m1/s1. The fourth-order valence-corrected chi connectivity index (χ4v) is 2.37. The zero-order valence-corrected chi connectivity index (χ0v) is 13.5. The van der Waals surface area contributed by atoms with Gasteiger partial charge >= 0.3 is 0 Å². The number of hydrogen-bond donors (Lipinski definition) is 2. The van der Waals surface area contributed by atoms with Gasteiger partial charge < -0.3 is 10.6 Å². The molecule has 0 fully saturated rings. The summed E-state index contributed by atoms with van der Waals surface area (Å²) in [4.78, 5) is 24.3. The lowest BCUT2D eigenvalue weighted by Crippen LogP contribution is -2.47. The number of amides is 2. The summed E-state index contributed by atoms with van der Waals surface area (Å²) in [5.74, 6) is 0.208. The van der Waals surface area contributed by atoms with Crippen LogP contribution in [-0.2, 0) is 4.79 Å². The van der Waals surface area contributed by atoms with Crippen LogP contribution in [-0.4, -0.2) is 36.4 Å². The van der Waals surface area contributed by atoms with Gasteiger partial charge in [0.05, 0.1) is 10.6 Å². The van der Waals surface area contributed by atoms with E-state index in [2.05, 4.69) is 17.2 Å². The van der Waals surface area contributed by atoms with Crippen LogP contribution >= 0.6 is 23.4 Å². The largest absolute Gasteiger partial charge is 0.351 e. The van der Waals surface area contributed by atoms with Crippen molar-refractivity contribution in [2.45, 2.75) is 12.5 Å². The van der Waals surface area contributed by atoms with Gasteiger partial charge in [0.2, 0.25) is 5.91 Å². The average Bonchev–Trinajstić information content (AvgIpc) is 2.49. The summed E-state index contributed by atoms with van der Waals surface area (Å²) in [7, 11) is 0. The third-order valence-electron chi connectivity index (χ3n) is 2.77. The number of thioether (sulfide) groups is 1. The molecule has 1 aromatic carbocycles. The summed E-state index contributed by atoms with van der Waals surface area (Å²) in [5.41, 5.74) is 0.366. The van der Waals surface area contributed by atoms with Crippen LogP contribution in [0, 0.1) is 0 Å². The number of halogens is 1. The van der Waals surface area contributed by atoms with Gasteiger partial charge in [0.1, 0.15) is 6.04 Å². The Balaban J connectivity index is 2.75. The predicted octanol–water partition coefficient (Wildman–Crippen LogP) is 2.49. The van der Waals surface area contributed by atoms with Crippen molar-refractivity contribution in [1.82, 2.24) is 10.6 Å². The van der Waals surface area contributed by atoms with Crippen LogP contribution in [0.2, 0.25) is 5.02 Å². The SMILES string of the molecule is C=CCNC(=O)[C@@H](CCSC)NC(=O)c1ccccc1Cl. The Morgan fingerprint density at radius 2 is 2.14 bits per heavy atom. The van der Waals surface area contributed by atoms with Gasteiger partial charge in [-0.1, -0.05) is 29.8 Å². The topological polar surface area (TPSA) is 58.2 Å². The summed E-state index contributed by atoms with van der Waals surface area (Å²) in [6.45, 7) is 3.92. The van der Waals surface area contributed by atoms with Gasteiger partial charge in [-0.2, -0.15) is 11.8 Å². The molecule has 0 heterocycles. The summed E-state index contributed by atoms with van der Waals surface area (Å²) in [6.07, 6.45) is 4.11. The fourth-order valence-electron chi connectivity index (χ4n) is 1.68. The number of hydrogen-bond acceptors (Lipinski definition) is 3. The molecule has 0 unspecified atom stereocenters. The molecule has 1 rings (SSSR count). The average molecular weight is 327 g/mol. The first kappa shape index (κ1) is 17.6. The highest BCUT2D eigenvalue weighted by Crippen LogP contribution is 2.15. The van der Waals surface area contributed by atoms with Crippen LogP contribution in [0.1, 0.15) is 16.8 Å². The van der Waals surface area contributed by atoms with Crippen LogP contribution in [0.5, 0.6) is 0 Å². The van der Waals surface area contributed by atoms with Crippen molar-refractivity contribution in [3.05, 3.63) is 47.5 Å². The summed E-state index contributed by atoms with van der Waals surface area (Å²) in [6, 6.07) is 6.17. The van der Waals surface area contributed by atoms with E-state index in [9.17, 15) is 9.59 Å². The molecule has 0 bridgehead atoms. The van der Waals surface area contributed by atoms with E-state index in [0.29, 0.717) is 23.6 Å². The molecule has 114 valence electrons. The number of carbonyl (C=O) groups excluding carboxylic acids is 2. The van der Waals surface area contributed by atoms with Gasteiger partial charge in [-0.25, -0.2) is 0 Å². The van der Waals surface area contributed by atoms with Crippen molar-refractivity contribution >= 4 is 35.2 Å². The van der Waals surface area contributed by atoms with Gasteiger partial charge in [-0.3, -0.25) is 9.59 Å². The summed E-state index contributed by atoms with van der Waals surface area (Å²) < 4.78 is 0. The van der Waals surface area contributed by atoms with Gasteiger partial charge in [0, 0.05) is 6.54 Å². The highest BCUT2D eigenvalue weighted by atomic mass is 35.5. The van der Waals surface area contributed by atoms with Gasteiger partial charge in [-0.15, -0.1) is 6.58 Å². The maximum Gasteiger partial charge on any atom is 0.253 e. The fraction of sp³-hybridized carbons (Fsp3) is 0.333.